The molecular weight excluding hydrogens is 144 g/mol. The summed E-state index contributed by atoms with van der Waals surface area (Å²) in [4.78, 5) is 10.8. The lowest BCUT2D eigenvalue weighted by Gasteiger charge is -2.13. The largest absolute Gasteiger partial charge is 0.664 e. The van der Waals surface area contributed by atoms with Crippen LogP contribution in [0.25, 0.3) is 5.32 Å². The molecule has 0 rings (SSSR count). The fourth-order valence-corrected chi connectivity index (χ4v) is 0.526. The highest BCUT2D eigenvalue weighted by Gasteiger charge is 2.00. The van der Waals surface area contributed by atoms with Gasteiger partial charge in [0.2, 0.25) is 0 Å². The molecule has 0 aromatic rings. The zero-order valence-corrected chi connectivity index (χ0v) is 7.26. The minimum Gasteiger partial charge on any atom is -0.664 e. The van der Waals surface area contributed by atoms with Crippen LogP contribution in [-0.4, -0.2) is 32.3 Å². The summed E-state index contributed by atoms with van der Waals surface area (Å²) in [5.74, 6) is 0. The first kappa shape index (κ1) is 10.2. The third-order valence-electron chi connectivity index (χ3n) is 0.947. The van der Waals surface area contributed by atoms with Crippen molar-refractivity contribution in [1.82, 2.24) is 5.32 Å². The molecule has 11 heavy (non-hydrogen) atoms. The number of nitrogens with zero attached hydrogens (tertiary/aromatic N) is 1. The normalized spacial score (nSPS) is 9.82. The predicted molar refractivity (Wildman–Crippen MR) is 43.8 cm³/mol. The third kappa shape index (κ3) is 7.12. The van der Waals surface area contributed by atoms with Gasteiger partial charge >= 0.3 is 6.09 Å². The van der Waals surface area contributed by atoms with Crippen LogP contribution in [-0.2, 0) is 4.74 Å². The first-order chi connectivity index (χ1) is 5.16. The summed E-state index contributed by atoms with van der Waals surface area (Å²) in [5.41, 5.74) is 0. The first-order valence-electron chi connectivity index (χ1n) is 3.67. The van der Waals surface area contributed by atoms with E-state index in [0.717, 1.165) is 0 Å². The van der Waals surface area contributed by atoms with Gasteiger partial charge in [-0.1, -0.05) is 0 Å². The van der Waals surface area contributed by atoms with Gasteiger partial charge in [0, 0.05) is 6.54 Å². The van der Waals surface area contributed by atoms with E-state index >= 15 is 0 Å². The van der Waals surface area contributed by atoms with Crippen molar-refractivity contribution in [1.29, 1.82) is 0 Å². The summed E-state index contributed by atoms with van der Waals surface area (Å²) in [7, 11) is 1.70. The van der Waals surface area contributed by atoms with Gasteiger partial charge in [0.1, 0.15) is 0 Å². The van der Waals surface area contributed by atoms with Crippen LogP contribution in [0, 0.1) is 0 Å². The van der Waals surface area contributed by atoms with Crippen LogP contribution >= 0.6 is 0 Å². The molecule has 4 heteroatoms. The van der Waals surface area contributed by atoms with Crippen molar-refractivity contribution in [2.75, 3.05) is 20.1 Å². The molecule has 0 atom stereocenters. The van der Waals surface area contributed by atoms with Crippen molar-refractivity contribution in [2.24, 2.45) is 0 Å². The van der Waals surface area contributed by atoms with Crippen molar-refractivity contribution in [2.45, 2.75) is 20.0 Å². The second-order valence-corrected chi connectivity index (χ2v) is 2.42. The van der Waals surface area contributed by atoms with Gasteiger partial charge in [0.15, 0.2) is 0 Å². The Labute approximate surface area is 67.3 Å². The Bertz CT molecular complexity index is 115. The molecule has 0 saturated carbocycles. The number of amides is 1. The maximum absolute atomic E-state index is 10.8. The Kier molecular flexibility index (Phi) is 5.56. The van der Waals surface area contributed by atoms with Gasteiger partial charge in [-0.05, 0) is 13.8 Å². The number of hydrogen-bond acceptors (Lipinski definition) is 2. The lowest BCUT2D eigenvalue weighted by Crippen LogP contribution is -2.28. The number of ether oxygens (including phenoxy) is 1. The predicted octanol–water partition coefficient (Wildman–Crippen LogP) is 1.12. The molecule has 0 aliphatic rings. The van der Waals surface area contributed by atoms with Gasteiger partial charge < -0.3 is 15.4 Å². The van der Waals surface area contributed by atoms with Crippen LogP contribution in [0.1, 0.15) is 13.8 Å². The molecule has 1 amide bonds. The Hall–Kier alpha value is -0.770. The summed E-state index contributed by atoms with van der Waals surface area (Å²) < 4.78 is 4.81. The summed E-state index contributed by atoms with van der Waals surface area (Å²) in [5, 5.41) is 6.38. The van der Waals surface area contributed by atoms with Crippen molar-refractivity contribution >= 4 is 6.09 Å². The van der Waals surface area contributed by atoms with Crippen molar-refractivity contribution < 1.29 is 9.53 Å². The fourth-order valence-electron chi connectivity index (χ4n) is 0.526. The average Bonchev–Trinajstić information content (AvgIpc) is 1.86. The molecule has 0 aliphatic carbocycles. The molecule has 1 N–H and O–H groups in total. The van der Waals surface area contributed by atoms with E-state index in [9.17, 15) is 4.79 Å². The van der Waals surface area contributed by atoms with E-state index in [0.29, 0.717) is 13.1 Å². The maximum atomic E-state index is 10.8. The number of nitrogens with one attached hydrogen (secondary N) is 1. The van der Waals surface area contributed by atoms with Crippen LogP contribution in [0.15, 0.2) is 0 Å². The smallest absolute Gasteiger partial charge is 0.407 e. The number of alkyl carbamates (subject to hydrolysis) is 1. The number of hydrogen-bond donors (Lipinski definition) is 1. The molecule has 0 heterocycles. The highest BCUT2D eigenvalue weighted by atomic mass is 16.6. The highest BCUT2D eigenvalue weighted by Crippen LogP contribution is 1.87. The molecule has 0 bridgehead atoms. The summed E-state index contributed by atoms with van der Waals surface area (Å²) >= 11 is 0. The lowest BCUT2D eigenvalue weighted by molar-refractivity contribution is 0.116. The van der Waals surface area contributed by atoms with Gasteiger partial charge in [0.25, 0.3) is 0 Å². The second-order valence-electron chi connectivity index (χ2n) is 2.42. The number of carbonyl (C=O) groups excluding carboxylic acids is 1. The van der Waals surface area contributed by atoms with Crippen molar-refractivity contribution in [3.05, 3.63) is 5.32 Å². The van der Waals surface area contributed by atoms with E-state index in [-0.39, 0.29) is 12.2 Å². The van der Waals surface area contributed by atoms with E-state index in [4.69, 9.17) is 4.74 Å². The lowest BCUT2D eigenvalue weighted by atomic mass is 10.5. The second kappa shape index (κ2) is 5.97. The summed E-state index contributed by atoms with van der Waals surface area (Å²) in [6.45, 7) is 4.79. The third-order valence-corrected chi connectivity index (χ3v) is 0.947. The number of rotatable bonds is 4. The topological polar surface area (TPSA) is 52.4 Å². The van der Waals surface area contributed by atoms with Crippen molar-refractivity contribution in [3.63, 3.8) is 0 Å². The molecule has 0 aromatic heterocycles. The van der Waals surface area contributed by atoms with Crippen molar-refractivity contribution in [3.8, 4) is 0 Å². The van der Waals surface area contributed by atoms with Crippen LogP contribution in [0.4, 0.5) is 4.79 Å². The number of carbonyl (C=O) groups is 1. The molecule has 0 spiro atoms. The van der Waals surface area contributed by atoms with E-state index in [2.05, 4.69) is 10.6 Å². The highest BCUT2D eigenvalue weighted by molar-refractivity contribution is 5.67. The zero-order chi connectivity index (χ0) is 8.69. The van der Waals surface area contributed by atoms with Crippen LogP contribution in [0.3, 0.4) is 0 Å². The average molecular weight is 159 g/mol. The Morgan fingerprint density at radius 3 is 2.73 bits per heavy atom. The molecule has 0 aliphatic heterocycles. The van der Waals surface area contributed by atoms with E-state index in [1.807, 2.05) is 13.8 Å². The quantitative estimate of drug-likeness (QED) is 0.625. The SMILES string of the molecule is C[N-]CCNC(=O)OC(C)C. The van der Waals surface area contributed by atoms with E-state index < -0.39 is 0 Å². The molecule has 0 aromatic carbocycles. The summed E-state index contributed by atoms with van der Waals surface area (Å²) in [6, 6.07) is 0. The van der Waals surface area contributed by atoms with Crippen LogP contribution in [0.2, 0.25) is 0 Å². The van der Waals surface area contributed by atoms with Gasteiger partial charge in [0.05, 0.1) is 6.10 Å². The molecule has 0 unspecified atom stereocenters. The minimum atomic E-state index is -0.372. The Balaban J connectivity index is 3.23. The minimum absolute atomic E-state index is 0.0615. The monoisotopic (exact) mass is 159 g/mol. The Morgan fingerprint density at radius 1 is 1.64 bits per heavy atom. The maximum Gasteiger partial charge on any atom is 0.407 e. The van der Waals surface area contributed by atoms with E-state index in [1.54, 1.807) is 7.05 Å². The Morgan fingerprint density at radius 2 is 2.27 bits per heavy atom. The first-order valence-corrected chi connectivity index (χ1v) is 3.67. The fraction of sp³-hybridized carbons (Fsp3) is 0.857. The van der Waals surface area contributed by atoms with Gasteiger partial charge in [-0.2, -0.15) is 7.05 Å². The van der Waals surface area contributed by atoms with Crippen LogP contribution < -0.4 is 5.32 Å². The van der Waals surface area contributed by atoms with Gasteiger partial charge in [-0.25, -0.2) is 4.79 Å². The van der Waals surface area contributed by atoms with Gasteiger partial charge in [-0.15, -0.1) is 6.54 Å². The molecule has 0 saturated heterocycles. The molecule has 66 valence electrons. The number of likely N-dealkylation sites (N-methyl/N-ethyl adjacent to an activating group) is 1. The summed E-state index contributed by atoms with van der Waals surface area (Å²) in [6.07, 6.45) is -0.433. The molecular formula is C7H15N2O2-. The zero-order valence-electron chi connectivity index (χ0n) is 7.26. The van der Waals surface area contributed by atoms with Gasteiger partial charge in [-0.3, -0.25) is 0 Å². The van der Waals surface area contributed by atoms with E-state index in [1.165, 1.54) is 0 Å². The molecule has 0 radical (unpaired) electrons. The standard InChI is InChI=1S/C7H15N2O2/c1-6(2)11-7(10)9-5-4-8-3/h6H,4-5H2,1-3H3,(H,9,10)/q-1. The molecule has 0 fully saturated rings. The molecule has 4 nitrogen and oxygen atoms in total. The van der Waals surface area contributed by atoms with Crippen LogP contribution in [0.5, 0.6) is 0 Å².